The fourth-order valence-corrected chi connectivity index (χ4v) is 3.08. The Morgan fingerprint density at radius 2 is 2.16 bits per heavy atom. The van der Waals surface area contributed by atoms with Crippen LogP contribution in [-0.2, 0) is 11.3 Å². The Bertz CT molecular complexity index is 759. The summed E-state index contributed by atoms with van der Waals surface area (Å²) in [6.07, 6.45) is 5.52. The quantitative estimate of drug-likeness (QED) is 0.898. The van der Waals surface area contributed by atoms with Crippen molar-refractivity contribution in [2.75, 3.05) is 24.2 Å². The summed E-state index contributed by atoms with van der Waals surface area (Å²) >= 11 is 0. The number of aromatic nitrogens is 4. The van der Waals surface area contributed by atoms with Crippen LogP contribution in [0.3, 0.4) is 0 Å². The predicted octanol–water partition coefficient (Wildman–Crippen LogP) is 1.48. The summed E-state index contributed by atoms with van der Waals surface area (Å²) < 4.78 is 0. The Morgan fingerprint density at radius 1 is 1.36 bits per heavy atom. The fourth-order valence-electron chi connectivity index (χ4n) is 3.08. The molecule has 1 amide bonds. The second kappa shape index (κ2) is 7.00. The van der Waals surface area contributed by atoms with Crippen LogP contribution in [0.25, 0.3) is 0 Å². The van der Waals surface area contributed by atoms with Crippen molar-refractivity contribution in [3.05, 3.63) is 35.5 Å². The highest BCUT2D eigenvalue weighted by Crippen LogP contribution is 2.34. The summed E-state index contributed by atoms with van der Waals surface area (Å²) in [6.45, 7) is 4.78. The first kappa shape index (κ1) is 17.1. The van der Waals surface area contributed by atoms with Crippen LogP contribution >= 0.6 is 0 Å². The van der Waals surface area contributed by atoms with Gasteiger partial charge in [0.1, 0.15) is 5.82 Å². The topological polar surface area (TPSA) is 101 Å². The molecule has 1 aliphatic rings. The molecule has 0 bridgehead atoms. The molecule has 1 unspecified atom stereocenters. The minimum absolute atomic E-state index is 0.00151. The average Bonchev–Trinajstić information content (AvgIpc) is 3.03. The van der Waals surface area contributed by atoms with Gasteiger partial charge in [0.05, 0.1) is 36.4 Å². The molecule has 1 aliphatic heterocycles. The van der Waals surface area contributed by atoms with E-state index in [1.165, 1.54) is 6.92 Å². The molecule has 1 saturated heterocycles. The zero-order chi connectivity index (χ0) is 18.0. The van der Waals surface area contributed by atoms with Gasteiger partial charge < -0.3 is 15.5 Å². The zero-order valence-corrected chi connectivity index (χ0v) is 14.8. The van der Waals surface area contributed by atoms with Gasteiger partial charge in [-0.25, -0.2) is 4.98 Å². The van der Waals surface area contributed by atoms with Crippen LogP contribution in [0.5, 0.6) is 0 Å². The molecule has 8 heteroatoms. The van der Waals surface area contributed by atoms with E-state index in [2.05, 4.69) is 19.9 Å². The number of anilines is 2. The Hall–Kier alpha value is -2.77. The van der Waals surface area contributed by atoms with E-state index in [9.17, 15) is 4.79 Å². The predicted molar refractivity (Wildman–Crippen MR) is 94.7 cm³/mol. The monoisotopic (exact) mass is 341 g/mol. The van der Waals surface area contributed by atoms with Gasteiger partial charge >= 0.3 is 0 Å². The second-order valence-electron chi connectivity index (χ2n) is 6.39. The number of nitrogen functional groups attached to an aromatic ring is 1. The lowest BCUT2D eigenvalue weighted by Crippen LogP contribution is -2.26. The Balaban J connectivity index is 1.86. The van der Waals surface area contributed by atoms with Crippen LogP contribution in [0.2, 0.25) is 0 Å². The van der Waals surface area contributed by atoms with Crippen molar-refractivity contribution in [1.29, 1.82) is 0 Å². The van der Waals surface area contributed by atoms with Gasteiger partial charge in [0.15, 0.2) is 0 Å². The molecular weight excluding hydrogens is 318 g/mol. The number of hydrogen-bond acceptors (Lipinski definition) is 7. The smallest absolute Gasteiger partial charge is 0.222 e. The van der Waals surface area contributed by atoms with E-state index in [0.717, 1.165) is 42.3 Å². The first-order valence-electron chi connectivity index (χ1n) is 8.34. The summed E-state index contributed by atoms with van der Waals surface area (Å²) in [7, 11) is 1.75. The van der Waals surface area contributed by atoms with Gasteiger partial charge in [-0.05, 0) is 19.8 Å². The van der Waals surface area contributed by atoms with Crippen molar-refractivity contribution in [3.8, 4) is 0 Å². The molecule has 132 valence electrons. The van der Waals surface area contributed by atoms with Crippen LogP contribution < -0.4 is 10.6 Å². The summed E-state index contributed by atoms with van der Waals surface area (Å²) in [6, 6.07) is 2.04. The number of aryl methyl sites for hydroxylation is 1. The molecule has 2 N–H and O–H groups in total. The van der Waals surface area contributed by atoms with Gasteiger partial charge in [0, 0.05) is 32.3 Å². The Morgan fingerprint density at radius 3 is 2.88 bits per heavy atom. The van der Waals surface area contributed by atoms with E-state index in [1.807, 2.05) is 13.0 Å². The molecule has 2 aromatic heterocycles. The fraction of sp³-hybridized carbons (Fsp3) is 0.471. The first-order chi connectivity index (χ1) is 11.9. The summed E-state index contributed by atoms with van der Waals surface area (Å²) in [4.78, 5) is 32.8. The minimum Gasteiger partial charge on any atom is -0.368 e. The maximum atomic E-state index is 11.4. The largest absolute Gasteiger partial charge is 0.368 e. The van der Waals surface area contributed by atoms with Crippen molar-refractivity contribution >= 4 is 17.7 Å². The first-order valence-corrected chi connectivity index (χ1v) is 8.34. The Labute approximate surface area is 147 Å². The third-order valence-corrected chi connectivity index (χ3v) is 4.39. The second-order valence-corrected chi connectivity index (χ2v) is 6.39. The van der Waals surface area contributed by atoms with Gasteiger partial charge in [-0.2, -0.15) is 4.98 Å². The van der Waals surface area contributed by atoms with E-state index in [1.54, 1.807) is 24.3 Å². The van der Waals surface area contributed by atoms with Crippen LogP contribution in [0, 0.1) is 6.92 Å². The van der Waals surface area contributed by atoms with Gasteiger partial charge in [-0.15, -0.1) is 0 Å². The third-order valence-electron chi connectivity index (χ3n) is 4.39. The van der Waals surface area contributed by atoms with Crippen molar-refractivity contribution in [3.63, 3.8) is 0 Å². The SMILES string of the molecule is CC(=O)N(C)Cc1cncc(C2CCCN2c2cc(C)nc(N)n2)n1. The molecule has 2 aromatic rings. The number of nitrogens with zero attached hydrogens (tertiary/aromatic N) is 6. The molecule has 0 aromatic carbocycles. The molecular formula is C17H23N7O. The molecule has 3 rings (SSSR count). The number of rotatable bonds is 4. The van der Waals surface area contributed by atoms with Crippen molar-refractivity contribution < 1.29 is 4.79 Å². The van der Waals surface area contributed by atoms with Crippen LogP contribution in [0.4, 0.5) is 11.8 Å². The van der Waals surface area contributed by atoms with E-state index in [4.69, 9.17) is 10.7 Å². The Kier molecular flexibility index (Phi) is 4.78. The lowest BCUT2D eigenvalue weighted by atomic mass is 10.1. The molecule has 1 fully saturated rings. The lowest BCUT2D eigenvalue weighted by Gasteiger charge is -2.26. The number of hydrogen-bond donors (Lipinski definition) is 1. The minimum atomic E-state index is 0.00151. The van der Waals surface area contributed by atoms with Crippen LogP contribution in [0.1, 0.15) is 42.9 Å². The van der Waals surface area contributed by atoms with Crippen LogP contribution in [-0.4, -0.2) is 44.3 Å². The van der Waals surface area contributed by atoms with E-state index in [0.29, 0.717) is 6.54 Å². The molecule has 0 aliphatic carbocycles. The van der Waals surface area contributed by atoms with Gasteiger partial charge in [-0.3, -0.25) is 14.8 Å². The van der Waals surface area contributed by atoms with Crippen molar-refractivity contribution in [2.45, 2.75) is 39.3 Å². The zero-order valence-electron chi connectivity index (χ0n) is 14.8. The summed E-state index contributed by atoms with van der Waals surface area (Å²) in [5.41, 5.74) is 8.32. The maximum absolute atomic E-state index is 11.4. The summed E-state index contributed by atoms with van der Waals surface area (Å²) in [5, 5.41) is 0. The normalized spacial score (nSPS) is 16.9. The standard InChI is InChI=1S/C17H23N7O/c1-11-7-16(22-17(18)20-11)24-6-4-5-15(24)14-9-19-8-13(21-14)10-23(3)12(2)25/h7-9,15H,4-6,10H2,1-3H3,(H2,18,20,22). The van der Waals surface area contributed by atoms with E-state index < -0.39 is 0 Å². The van der Waals surface area contributed by atoms with Crippen LogP contribution in [0.15, 0.2) is 18.5 Å². The highest BCUT2D eigenvalue weighted by molar-refractivity contribution is 5.72. The number of carbonyl (C=O) groups is 1. The maximum Gasteiger partial charge on any atom is 0.222 e. The molecule has 0 spiro atoms. The van der Waals surface area contributed by atoms with E-state index >= 15 is 0 Å². The number of carbonyl (C=O) groups excluding carboxylic acids is 1. The molecule has 8 nitrogen and oxygen atoms in total. The molecule has 3 heterocycles. The number of amides is 1. The van der Waals surface area contributed by atoms with E-state index in [-0.39, 0.29) is 17.9 Å². The molecule has 1 atom stereocenters. The van der Waals surface area contributed by atoms with Gasteiger partial charge in [0.2, 0.25) is 11.9 Å². The highest BCUT2D eigenvalue weighted by atomic mass is 16.2. The molecule has 0 saturated carbocycles. The number of nitrogens with two attached hydrogens (primary N) is 1. The average molecular weight is 341 g/mol. The molecule has 0 radical (unpaired) electrons. The van der Waals surface area contributed by atoms with Gasteiger partial charge in [-0.1, -0.05) is 0 Å². The summed E-state index contributed by atoms with van der Waals surface area (Å²) in [5.74, 6) is 1.10. The van der Waals surface area contributed by atoms with Crippen molar-refractivity contribution in [2.24, 2.45) is 0 Å². The van der Waals surface area contributed by atoms with Gasteiger partial charge in [0.25, 0.3) is 0 Å². The third kappa shape index (κ3) is 3.84. The lowest BCUT2D eigenvalue weighted by molar-refractivity contribution is -0.128. The highest BCUT2D eigenvalue weighted by Gasteiger charge is 2.29. The molecule has 25 heavy (non-hydrogen) atoms. The van der Waals surface area contributed by atoms with Crippen molar-refractivity contribution in [1.82, 2.24) is 24.8 Å².